The van der Waals surface area contributed by atoms with Gasteiger partial charge in [-0.25, -0.2) is 0 Å². The number of aliphatic hydroxyl groups is 1. The van der Waals surface area contributed by atoms with Crippen LogP contribution in [0.15, 0.2) is 72.9 Å². The van der Waals surface area contributed by atoms with Gasteiger partial charge >= 0.3 is 0 Å². The molecule has 0 aliphatic carbocycles. The van der Waals surface area contributed by atoms with Crippen molar-refractivity contribution < 1.29 is 14.6 Å². The molecule has 0 radical (unpaired) electrons. The number of H-pyrrole nitrogens is 1. The number of hydrogen-bond donors (Lipinski definition) is 3. The fourth-order valence-electron chi connectivity index (χ4n) is 4.15. The van der Waals surface area contributed by atoms with Gasteiger partial charge < -0.3 is 20.1 Å². The molecule has 0 fully saturated rings. The quantitative estimate of drug-likeness (QED) is 0.347. The number of carbonyl (C=O) groups excluding carboxylic acids is 1. The lowest BCUT2D eigenvalue weighted by atomic mass is 9.94. The number of hydrogen-bond acceptors (Lipinski definition) is 3. The second kappa shape index (κ2) is 9.92. The molecule has 0 bridgehead atoms. The Balaban J connectivity index is 1.63. The molecule has 1 atom stereocenters. The first-order valence-corrected chi connectivity index (χ1v) is 11.2. The monoisotopic (exact) mass is 442 g/mol. The van der Waals surface area contributed by atoms with Gasteiger partial charge in [0, 0.05) is 17.1 Å². The van der Waals surface area contributed by atoms with Crippen molar-refractivity contribution in [2.75, 3.05) is 13.7 Å². The van der Waals surface area contributed by atoms with E-state index < -0.39 is 6.04 Å². The summed E-state index contributed by atoms with van der Waals surface area (Å²) >= 11 is 0. The summed E-state index contributed by atoms with van der Waals surface area (Å²) in [5.74, 6) is 0.759. The highest BCUT2D eigenvalue weighted by molar-refractivity contribution is 6.01. The van der Waals surface area contributed by atoms with Crippen LogP contribution >= 0.6 is 0 Å². The van der Waals surface area contributed by atoms with E-state index in [1.165, 1.54) is 5.56 Å². The molecule has 1 amide bonds. The van der Waals surface area contributed by atoms with Crippen molar-refractivity contribution in [3.63, 3.8) is 0 Å². The molecule has 0 aliphatic heterocycles. The molecule has 3 N–H and O–H groups in total. The standard InChI is InChI=1S/C28H30N2O3/c1-18(2)19-7-6-8-20(13-19)24-12-11-23(33-3)15-26(24)28(32)30-22(17-31)14-21-16-29-27-10-5-4-9-25(21)27/h4-13,15-16,18,22,29,31H,14,17H2,1-3H3,(H,30,32)/t22-/m1/s1. The van der Waals surface area contributed by atoms with E-state index in [1.807, 2.05) is 54.7 Å². The van der Waals surface area contributed by atoms with Gasteiger partial charge in [0.05, 0.1) is 25.3 Å². The van der Waals surface area contributed by atoms with Gasteiger partial charge in [0.25, 0.3) is 5.91 Å². The molecule has 170 valence electrons. The molecular formula is C28H30N2O3. The Morgan fingerprint density at radius 2 is 1.88 bits per heavy atom. The largest absolute Gasteiger partial charge is 0.497 e. The SMILES string of the molecule is COc1ccc(-c2cccc(C(C)C)c2)c(C(=O)N[C@@H](CO)Cc2c[nH]c3ccccc23)c1. The van der Waals surface area contributed by atoms with Crippen LogP contribution in [-0.2, 0) is 6.42 Å². The first kappa shape index (κ1) is 22.6. The fourth-order valence-corrected chi connectivity index (χ4v) is 4.15. The number of aliphatic hydroxyl groups excluding tert-OH is 1. The number of benzene rings is 3. The summed E-state index contributed by atoms with van der Waals surface area (Å²) in [5, 5.41) is 14.1. The molecule has 0 saturated carbocycles. The summed E-state index contributed by atoms with van der Waals surface area (Å²) in [6.07, 6.45) is 2.46. The Morgan fingerprint density at radius 3 is 2.64 bits per heavy atom. The normalized spacial score (nSPS) is 12.2. The number of para-hydroxylation sites is 1. The molecule has 4 rings (SSSR count). The zero-order chi connectivity index (χ0) is 23.4. The van der Waals surface area contributed by atoms with Crippen LogP contribution in [0.1, 0.15) is 41.3 Å². The minimum Gasteiger partial charge on any atom is -0.497 e. The molecule has 0 unspecified atom stereocenters. The van der Waals surface area contributed by atoms with E-state index in [0.29, 0.717) is 23.7 Å². The topological polar surface area (TPSA) is 74.3 Å². The highest BCUT2D eigenvalue weighted by Crippen LogP contribution is 2.30. The molecule has 5 heteroatoms. The van der Waals surface area contributed by atoms with Crippen molar-refractivity contribution in [3.8, 4) is 16.9 Å². The molecule has 4 aromatic rings. The van der Waals surface area contributed by atoms with Gasteiger partial charge in [-0.05, 0) is 58.9 Å². The number of aromatic amines is 1. The molecule has 5 nitrogen and oxygen atoms in total. The number of aromatic nitrogens is 1. The summed E-state index contributed by atoms with van der Waals surface area (Å²) < 4.78 is 5.39. The van der Waals surface area contributed by atoms with Crippen molar-refractivity contribution in [2.45, 2.75) is 32.2 Å². The van der Waals surface area contributed by atoms with Gasteiger partial charge in [-0.3, -0.25) is 4.79 Å². The maximum atomic E-state index is 13.4. The first-order valence-electron chi connectivity index (χ1n) is 11.2. The first-order chi connectivity index (χ1) is 16.0. The summed E-state index contributed by atoms with van der Waals surface area (Å²) in [5.41, 5.74) is 5.64. The third-order valence-electron chi connectivity index (χ3n) is 6.03. The molecule has 0 saturated heterocycles. The summed E-state index contributed by atoms with van der Waals surface area (Å²) in [6.45, 7) is 4.14. The second-order valence-corrected chi connectivity index (χ2v) is 8.61. The van der Waals surface area contributed by atoms with E-state index in [9.17, 15) is 9.90 Å². The summed E-state index contributed by atoms with van der Waals surface area (Å²) in [7, 11) is 1.59. The molecule has 33 heavy (non-hydrogen) atoms. The average molecular weight is 443 g/mol. The lowest BCUT2D eigenvalue weighted by molar-refractivity contribution is 0.0917. The molecule has 0 aliphatic rings. The van der Waals surface area contributed by atoms with Gasteiger partial charge in [-0.2, -0.15) is 0 Å². The predicted molar refractivity (Wildman–Crippen MR) is 133 cm³/mol. The maximum Gasteiger partial charge on any atom is 0.252 e. The van der Waals surface area contributed by atoms with E-state index >= 15 is 0 Å². The van der Waals surface area contributed by atoms with Gasteiger partial charge in [-0.1, -0.05) is 56.3 Å². The van der Waals surface area contributed by atoms with Crippen molar-refractivity contribution in [1.82, 2.24) is 10.3 Å². The van der Waals surface area contributed by atoms with E-state index in [-0.39, 0.29) is 12.5 Å². The summed E-state index contributed by atoms with van der Waals surface area (Å²) in [6, 6.07) is 21.4. The maximum absolute atomic E-state index is 13.4. The third-order valence-corrected chi connectivity index (χ3v) is 6.03. The minimum atomic E-state index is -0.419. The number of fused-ring (bicyclic) bond motifs is 1. The van der Waals surface area contributed by atoms with Crippen LogP contribution in [-0.4, -0.2) is 35.8 Å². The molecule has 3 aromatic carbocycles. The Kier molecular flexibility index (Phi) is 6.80. The minimum absolute atomic E-state index is 0.159. The van der Waals surface area contributed by atoms with Gasteiger partial charge in [0.15, 0.2) is 0 Å². The number of ether oxygens (including phenoxy) is 1. The van der Waals surface area contributed by atoms with Crippen LogP contribution in [0.25, 0.3) is 22.0 Å². The molecule has 1 aromatic heterocycles. The second-order valence-electron chi connectivity index (χ2n) is 8.61. The van der Waals surface area contributed by atoms with E-state index in [2.05, 4.69) is 36.3 Å². The van der Waals surface area contributed by atoms with E-state index in [4.69, 9.17) is 4.74 Å². The van der Waals surface area contributed by atoms with E-state index in [0.717, 1.165) is 27.6 Å². The number of carbonyl (C=O) groups is 1. The zero-order valence-electron chi connectivity index (χ0n) is 19.3. The zero-order valence-corrected chi connectivity index (χ0v) is 19.3. The highest BCUT2D eigenvalue weighted by Gasteiger charge is 2.20. The smallest absolute Gasteiger partial charge is 0.252 e. The summed E-state index contributed by atoms with van der Waals surface area (Å²) in [4.78, 5) is 16.7. The van der Waals surface area contributed by atoms with E-state index in [1.54, 1.807) is 13.2 Å². The van der Waals surface area contributed by atoms with Crippen LogP contribution in [0.2, 0.25) is 0 Å². The van der Waals surface area contributed by atoms with Crippen molar-refractivity contribution >= 4 is 16.8 Å². The third kappa shape index (κ3) is 4.94. The van der Waals surface area contributed by atoms with Crippen LogP contribution in [0.4, 0.5) is 0 Å². The van der Waals surface area contributed by atoms with Crippen LogP contribution in [0.5, 0.6) is 5.75 Å². The van der Waals surface area contributed by atoms with Crippen molar-refractivity contribution in [3.05, 3.63) is 89.6 Å². The number of rotatable bonds is 8. The number of methoxy groups -OCH3 is 1. The average Bonchev–Trinajstić information content (AvgIpc) is 3.26. The van der Waals surface area contributed by atoms with Gasteiger partial charge in [0.1, 0.15) is 5.75 Å². The predicted octanol–water partition coefficient (Wildman–Crippen LogP) is 5.30. The lowest BCUT2D eigenvalue weighted by Crippen LogP contribution is -2.39. The number of nitrogens with one attached hydrogen (secondary N) is 2. The number of amides is 1. The Hall–Kier alpha value is -3.57. The Morgan fingerprint density at radius 1 is 1.06 bits per heavy atom. The molecule has 1 heterocycles. The molecule has 0 spiro atoms. The van der Waals surface area contributed by atoms with Gasteiger partial charge in [-0.15, -0.1) is 0 Å². The fraction of sp³-hybridized carbons (Fsp3) is 0.250. The van der Waals surface area contributed by atoms with Crippen LogP contribution < -0.4 is 10.1 Å². The van der Waals surface area contributed by atoms with Crippen molar-refractivity contribution in [2.24, 2.45) is 0 Å². The van der Waals surface area contributed by atoms with Crippen molar-refractivity contribution in [1.29, 1.82) is 0 Å². The lowest BCUT2D eigenvalue weighted by Gasteiger charge is -2.19. The van der Waals surface area contributed by atoms with Gasteiger partial charge in [0.2, 0.25) is 0 Å². The van der Waals surface area contributed by atoms with Crippen LogP contribution in [0.3, 0.4) is 0 Å². The Bertz CT molecular complexity index is 1260. The van der Waals surface area contributed by atoms with Crippen LogP contribution in [0, 0.1) is 0 Å². The molecular weight excluding hydrogens is 412 g/mol. The Labute approximate surface area is 194 Å². The highest BCUT2D eigenvalue weighted by atomic mass is 16.5.